The van der Waals surface area contributed by atoms with E-state index in [0.29, 0.717) is 22.2 Å². The lowest BCUT2D eigenvalue weighted by molar-refractivity contribution is -0.333. The number of nitrogens with two attached hydrogens (primary N) is 1. The molecule has 0 unspecified atom stereocenters. The zero-order valence-electron chi connectivity index (χ0n) is 11.9. The average molecular weight is 309 g/mol. The molecular formula is C15H13N6O2+. The van der Waals surface area contributed by atoms with Gasteiger partial charge in [0.25, 0.3) is 0 Å². The van der Waals surface area contributed by atoms with Crippen LogP contribution in [0.1, 0.15) is 0 Å². The van der Waals surface area contributed by atoms with Crippen LogP contribution >= 0.6 is 0 Å². The Labute approximate surface area is 129 Å². The molecular weight excluding hydrogens is 296 g/mol. The molecule has 0 aliphatic rings. The molecule has 0 aliphatic heterocycles. The molecule has 0 fully saturated rings. The molecule has 0 saturated carbocycles. The molecule has 4 rings (SSSR count). The van der Waals surface area contributed by atoms with Crippen LogP contribution < -0.4 is 21.5 Å². The number of nitrogens with one attached hydrogen (secondary N) is 3. The summed E-state index contributed by atoms with van der Waals surface area (Å²) in [5, 5.41) is 11.4. The van der Waals surface area contributed by atoms with E-state index in [-0.39, 0.29) is 17.3 Å². The second-order valence-electron chi connectivity index (χ2n) is 5.11. The fourth-order valence-electron chi connectivity index (χ4n) is 2.49. The van der Waals surface area contributed by atoms with Crippen molar-refractivity contribution in [2.24, 2.45) is 0 Å². The van der Waals surface area contributed by atoms with E-state index in [0.717, 1.165) is 10.6 Å². The predicted octanol–water partition coefficient (Wildman–Crippen LogP) is 1.33. The molecule has 0 radical (unpaired) electrons. The summed E-state index contributed by atoms with van der Waals surface area (Å²) in [5.74, 6) is 0.412. The number of hydrogen-bond acceptors (Lipinski definition) is 5. The first-order valence-electron chi connectivity index (χ1n) is 6.90. The van der Waals surface area contributed by atoms with Crippen molar-refractivity contribution in [1.29, 1.82) is 0 Å². The number of hydrogen-bond donors (Lipinski definition) is 4. The third-order valence-electron chi connectivity index (χ3n) is 3.60. The fourth-order valence-corrected chi connectivity index (χ4v) is 2.49. The summed E-state index contributed by atoms with van der Waals surface area (Å²) in [4.78, 5) is 23.9. The standard InChI is InChI=1S/C15H12N6O2/c16-13-14(18-10-4-2-1-3-9(10)17-13)21(23)8-5-6-11-12(7-8)20-15(22)19-11/h1-7,23H,(H2,16,17)(H2,19,20,22)/p+1. The zero-order chi connectivity index (χ0) is 16.0. The molecule has 114 valence electrons. The van der Waals surface area contributed by atoms with E-state index in [1.807, 2.05) is 24.3 Å². The number of imidazole rings is 1. The lowest BCUT2D eigenvalue weighted by Gasteiger charge is -2.09. The third-order valence-corrected chi connectivity index (χ3v) is 3.60. The maximum Gasteiger partial charge on any atom is 0.353 e. The van der Waals surface area contributed by atoms with Crippen LogP contribution in [0.2, 0.25) is 0 Å². The van der Waals surface area contributed by atoms with Crippen LogP contribution in [0.4, 0.5) is 17.3 Å². The van der Waals surface area contributed by atoms with Crippen LogP contribution in [0.3, 0.4) is 0 Å². The minimum Gasteiger partial charge on any atom is -0.377 e. The second kappa shape index (κ2) is 4.82. The van der Waals surface area contributed by atoms with Gasteiger partial charge in [-0.1, -0.05) is 17.2 Å². The van der Waals surface area contributed by atoms with Crippen molar-refractivity contribution in [3.8, 4) is 0 Å². The Morgan fingerprint density at radius 1 is 1.13 bits per heavy atom. The molecule has 0 bridgehead atoms. The molecule has 0 atom stereocenters. The van der Waals surface area contributed by atoms with Crippen molar-refractivity contribution < 1.29 is 10.2 Å². The third kappa shape index (κ3) is 2.17. The second-order valence-corrected chi connectivity index (χ2v) is 5.11. The van der Waals surface area contributed by atoms with E-state index in [1.165, 1.54) is 0 Å². The van der Waals surface area contributed by atoms with Crippen LogP contribution in [0.5, 0.6) is 0 Å². The van der Waals surface area contributed by atoms with Crippen LogP contribution in [0, 0.1) is 0 Å². The van der Waals surface area contributed by atoms with E-state index in [9.17, 15) is 10.0 Å². The largest absolute Gasteiger partial charge is 0.377 e. The highest BCUT2D eigenvalue weighted by Crippen LogP contribution is 2.26. The van der Waals surface area contributed by atoms with Gasteiger partial charge in [0.15, 0.2) is 11.2 Å². The van der Waals surface area contributed by atoms with Gasteiger partial charge in [-0.2, -0.15) is 0 Å². The number of aromatic amines is 3. The molecule has 0 amide bonds. The molecule has 2 aromatic heterocycles. The number of fused-ring (bicyclic) bond motifs is 2. The van der Waals surface area contributed by atoms with Crippen LogP contribution in [-0.2, 0) is 0 Å². The highest BCUT2D eigenvalue weighted by atomic mass is 16.5. The summed E-state index contributed by atoms with van der Waals surface area (Å²) in [6, 6.07) is 12.4. The molecule has 8 heteroatoms. The number of rotatable bonds is 2. The van der Waals surface area contributed by atoms with Crippen molar-refractivity contribution in [3.05, 3.63) is 52.9 Å². The Bertz CT molecular complexity index is 1080. The summed E-state index contributed by atoms with van der Waals surface area (Å²) in [7, 11) is 0. The molecule has 8 nitrogen and oxygen atoms in total. The highest BCUT2D eigenvalue weighted by molar-refractivity contribution is 5.81. The van der Waals surface area contributed by atoms with Crippen LogP contribution in [0.25, 0.3) is 22.1 Å². The van der Waals surface area contributed by atoms with Gasteiger partial charge < -0.3 is 15.7 Å². The molecule has 6 N–H and O–H groups in total. The minimum atomic E-state index is -0.305. The Morgan fingerprint density at radius 2 is 1.91 bits per heavy atom. The van der Waals surface area contributed by atoms with Gasteiger partial charge in [0.2, 0.25) is 5.82 Å². The first-order chi connectivity index (χ1) is 11.1. The van der Waals surface area contributed by atoms with Gasteiger partial charge in [-0.25, -0.2) is 20.0 Å². The van der Waals surface area contributed by atoms with Crippen molar-refractivity contribution >= 4 is 39.4 Å². The van der Waals surface area contributed by atoms with Gasteiger partial charge in [-0.3, -0.25) is 0 Å². The maximum absolute atomic E-state index is 11.3. The first-order valence-corrected chi connectivity index (χ1v) is 6.90. The number of benzene rings is 2. The van der Waals surface area contributed by atoms with E-state index < -0.39 is 0 Å². The summed E-state index contributed by atoms with van der Waals surface area (Å²) in [5.41, 5.74) is 8.75. The van der Waals surface area contributed by atoms with Crippen molar-refractivity contribution in [2.45, 2.75) is 0 Å². The molecule has 0 aliphatic carbocycles. The SMILES string of the molecule is Nc1nc2ccccc2[nH+]c1N(O)c1ccc2[nH]c(=O)[nH]c2c1. The minimum absolute atomic E-state index is 0.161. The van der Waals surface area contributed by atoms with E-state index >= 15 is 0 Å². The molecule has 2 heterocycles. The predicted molar refractivity (Wildman–Crippen MR) is 85.6 cm³/mol. The van der Waals surface area contributed by atoms with Crippen molar-refractivity contribution in [1.82, 2.24) is 15.0 Å². The molecule has 0 spiro atoms. The average Bonchev–Trinajstić information content (AvgIpc) is 2.92. The normalized spacial score (nSPS) is 11.2. The van der Waals surface area contributed by atoms with Crippen LogP contribution in [0.15, 0.2) is 47.3 Å². The Kier molecular flexibility index (Phi) is 2.78. The van der Waals surface area contributed by atoms with Crippen molar-refractivity contribution in [3.63, 3.8) is 0 Å². The summed E-state index contributed by atoms with van der Waals surface area (Å²) in [6.07, 6.45) is 0. The van der Waals surface area contributed by atoms with E-state index in [1.54, 1.807) is 18.2 Å². The monoisotopic (exact) mass is 309 g/mol. The zero-order valence-corrected chi connectivity index (χ0v) is 11.9. The smallest absolute Gasteiger partial charge is 0.353 e. The van der Waals surface area contributed by atoms with Crippen LogP contribution in [-0.4, -0.2) is 20.2 Å². The van der Waals surface area contributed by atoms with Gasteiger partial charge in [0.05, 0.1) is 11.0 Å². The number of anilines is 3. The molecule has 4 aromatic rings. The molecule has 0 saturated heterocycles. The van der Waals surface area contributed by atoms with Gasteiger partial charge in [-0.15, -0.1) is 0 Å². The Hall–Kier alpha value is -3.39. The number of aromatic nitrogens is 4. The summed E-state index contributed by atoms with van der Waals surface area (Å²) >= 11 is 0. The van der Waals surface area contributed by atoms with Gasteiger partial charge in [0, 0.05) is 6.07 Å². The first kappa shape index (κ1) is 13.3. The Morgan fingerprint density at radius 3 is 2.78 bits per heavy atom. The Balaban J connectivity index is 1.84. The lowest BCUT2D eigenvalue weighted by atomic mass is 10.2. The van der Waals surface area contributed by atoms with Gasteiger partial charge >= 0.3 is 11.5 Å². The number of nitrogens with zero attached hydrogens (tertiary/aromatic N) is 2. The number of nitrogen functional groups attached to an aromatic ring is 1. The maximum atomic E-state index is 11.3. The fraction of sp³-hybridized carbons (Fsp3) is 0. The van der Waals surface area contributed by atoms with E-state index in [2.05, 4.69) is 19.9 Å². The van der Waals surface area contributed by atoms with Crippen molar-refractivity contribution in [2.75, 3.05) is 10.8 Å². The highest BCUT2D eigenvalue weighted by Gasteiger charge is 2.23. The van der Waals surface area contributed by atoms with E-state index in [4.69, 9.17) is 5.73 Å². The number of H-pyrrole nitrogens is 3. The lowest BCUT2D eigenvalue weighted by Crippen LogP contribution is -2.24. The quantitative estimate of drug-likeness (QED) is 0.416. The summed E-state index contributed by atoms with van der Waals surface area (Å²) in [6.45, 7) is 0. The molecule has 2 aromatic carbocycles. The number of para-hydroxylation sites is 2. The summed E-state index contributed by atoms with van der Waals surface area (Å²) < 4.78 is 0. The molecule has 23 heavy (non-hydrogen) atoms. The topological polar surface area (TPSA) is 125 Å². The van der Waals surface area contributed by atoms with Gasteiger partial charge in [0.1, 0.15) is 5.52 Å². The van der Waals surface area contributed by atoms with Gasteiger partial charge in [-0.05, 0) is 24.3 Å².